The molecule has 2 saturated carbocycles. The fourth-order valence-corrected chi connectivity index (χ4v) is 7.01. The van der Waals surface area contributed by atoms with Crippen LogP contribution in [0.15, 0.2) is 48.1 Å². The Balaban J connectivity index is 0.000000501. The molecule has 2 fully saturated rings. The van der Waals surface area contributed by atoms with E-state index in [1.54, 1.807) is 17.2 Å². The van der Waals surface area contributed by atoms with Crippen molar-refractivity contribution in [2.45, 2.75) is 65.6 Å². The number of nitrogens with zero attached hydrogens (tertiary/aromatic N) is 1. The molecule has 0 aliphatic heterocycles. The average molecular weight is 399 g/mol. The molecule has 3 aliphatic rings. The van der Waals surface area contributed by atoms with Crippen molar-refractivity contribution in [3.63, 3.8) is 0 Å². The Morgan fingerprint density at radius 2 is 1.69 bits per heavy atom. The predicted octanol–water partition coefficient (Wildman–Crippen LogP) is 6.84. The maximum atomic E-state index is 5.17. The molecule has 0 atom stereocenters. The molecule has 6 radical (unpaired) electrons. The molecule has 26 heavy (non-hydrogen) atoms. The summed E-state index contributed by atoms with van der Waals surface area (Å²) in [6.45, 7) is 16.8. The van der Waals surface area contributed by atoms with Crippen LogP contribution in [0.25, 0.3) is 4.98 Å². The van der Waals surface area contributed by atoms with Crippen molar-refractivity contribution in [2.75, 3.05) is 0 Å². The van der Waals surface area contributed by atoms with Gasteiger partial charge in [-0.1, -0.05) is 79.1 Å². The maximum Gasteiger partial charge on any atom is 3.00 e. The molecule has 0 unspecified atom stereocenters. The molecule has 0 aromatic heterocycles. The van der Waals surface area contributed by atoms with Gasteiger partial charge in [0.05, 0.1) is 0 Å². The smallest absolute Gasteiger partial charge is 0.659 e. The third-order valence-electron chi connectivity index (χ3n) is 4.59. The van der Waals surface area contributed by atoms with Crippen LogP contribution in [0.3, 0.4) is 0 Å². The van der Waals surface area contributed by atoms with E-state index in [0.717, 1.165) is 0 Å². The first-order valence-electron chi connectivity index (χ1n) is 9.37. The Morgan fingerprint density at radius 3 is 2.19 bits per heavy atom. The van der Waals surface area contributed by atoms with Gasteiger partial charge in [-0.15, -0.1) is 5.54 Å². The van der Waals surface area contributed by atoms with Gasteiger partial charge in [0, 0.05) is 11.8 Å². The van der Waals surface area contributed by atoms with E-state index in [1.807, 2.05) is 19.1 Å². The van der Waals surface area contributed by atoms with Crippen molar-refractivity contribution in [2.24, 2.45) is 0 Å². The Labute approximate surface area is 178 Å². The first-order chi connectivity index (χ1) is 11.7. The Bertz CT molecular complexity index is 565. The van der Waals surface area contributed by atoms with E-state index in [4.69, 9.17) is 4.98 Å². The molecule has 0 aromatic rings. The van der Waals surface area contributed by atoms with Crippen LogP contribution in [-0.4, -0.2) is 13.8 Å². The largest absolute Gasteiger partial charge is 3.00 e. The molecule has 0 N–H and O–H groups in total. The van der Waals surface area contributed by atoms with Gasteiger partial charge in [0.15, 0.2) is 0 Å². The standard InChI is InChI=1S/C18H25NSi.C5H8.Ti/c1-18(2,3)19-20(4,5)17-10-9-15-11-13-7-6-8-14(13)12-16(15)17;1-3-5-4-2;/h9-12H,6-8H2,1-5H3;3-5H,1H2,2H3;/q-1;;+3/b;5-4+;. The van der Waals surface area contributed by atoms with Gasteiger partial charge >= 0.3 is 21.7 Å². The van der Waals surface area contributed by atoms with Gasteiger partial charge in [-0.2, -0.15) is 0 Å². The molecule has 0 spiro atoms. The van der Waals surface area contributed by atoms with Gasteiger partial charge in [-0.3, -0.25) is 0 Å². The van der Waals surface area contributed by atoms with Crippen LogP contribution in [0.5, 0.6) is 0 Å². The number of hydrogen-bond acceptors (Lipinski definition) is 0. The molecule has 1 nitrogen and oxygen atoms in total. The van der Waals surface area contributed by atoms with Gasteiger partial charge in [-0.25, -0.2) is 0 Å². The van der Waals surface area contributed by atoms with Gasteiger partial charge < -0.3 is 4.98 Å². The summed E-state index contributed by atoms with van der Waals surface area (Å²) in [5.74, 6) is 2.89. The monoisotopic (exact) mass is 399 g/mol. The molecule has 3 rings (SSSR count). The zero-order valence-corrected chi connectivity index (χ0v) is 19.9. The minimum Gasteiger partial charge on any atom is -0.659 e. The van der Waals surface area contributed by atoms with E-state index < -0.39 is 8.24 Å². The number of hydrogen-bond donors (Lipinski definition) is 0. The summed E-state index contributed by atoms with van der Waals surface area (Å²) >= 11 is 0. The van der Waals surface area contributed by atoms with Crippen LogP contribution in [0.4, 0.5) is 0 Å². The van der Waals surface area contributed by atoms with Crippen molar-refractivity contribution in [3.8, 4) is 0 Å². The quantitative estimate of drug-likeness (QED) is 0.364. The summed E-state index contributed by atoms with van der Waals surface area (Å²) in [5.41, 5.74) is 4.71. The molecular weight excluding hydrogens is 366 g/mol. The van der Waals surface area contributed by atoms with Gasteiger partial charge in [0.25, 0.3) is 0 Å². The first kappa shape index (κ1) is 23.9. The predicted molar refractivity (Wildman–Crippen MR) is 114 cm³/mol. The first-order valence-corrected chi connectivity index (χ1v) is 12.3. The van der Waals surface area contributed by atoms with Gasteiger partial charge in [-0.05, 0) is 55.7 Å². The zero-order chi connectivity index (χ0) is 18.7. The summed E-state index contributed by atoms with van der Waals surface area (Å²) in [7, 11) is -1.73. The number of rotatable bonds is 3. The molecule has 0 bridgehead atoms. The second-order valence-corrected chi connectivity index (χ2v) is 12.3. The van der Waals surface area contributed by atoms with Crippen molar-refractivity contribution in [1.82, 2.24) is 0 Å². The van der Waals surface area contributed by atoms with E-state index in [-0.39, 0.29) is 27.3 Å². The molecular formula is C23H33NSiTi+2. The van der Waals surface area contributed by atoms with E-state index >= 15 is 0 Å². The normalized spacial score (nSPS) is 21.3. The average Bonchev–Trinajstić information content (AvgIpc) is 3.09. The summed E-state index contributed by atoms with van der Waals surface area (Å²) < 4.78 is 0. The Hall–Kier alpha value is -0.149. The third-order valence-corrected chi connectivity index (χ3v) is 7.57. The molecule has 3 heteroatoms. The Morgan fingerprint density at radius 1 is 1.08 bits per heavy atom. The second-order valence-electron chi connectivity index (χ2n) is 8.41. The second kappa shape index (κ2) is 9.87. The summed E-state index contributed by atoms with van der Waals surface area (Å²) in [4.78, 5) is 5.17. The minimum atomic E-state index is -1.73. The van der Waals surface area contributed by atoms with Crippen molar-refractivity contribution in [3.05, 3.63) is 83.3 Å². The number of fused-ring (bicyclic) bond motifs is 2. The fraction of sp³-hybridized carbons (Fsp3) is 0.435. The molecule has 0 aromatic carbocycles. The van der Waals surface area contributed by atoms with E-state index in [9.17, 15) is 0 Å². The van der Waals surface area contributed by atoms with Crippen molar-refractivity contribution >= 4 is 8.24 Å². The number of allylic oxidation sites excluding steroid dienone is 7. The Kier molecular flexibility index (Phi) is 9.07. The van der Waals surface area contributed by atoms with Crippen LogP contribution in [0.2, 0.25) is 13.1 Å². The van der Waals surface area contributed by atoms with Crippen molar-refractivity contribution in [1.29, 1.82) is 0 Å². The zero-order valence-electron chi connectivity index (χ0n) is 17.3. The van der Waals surface area contributed by atoms with E-state index in [1.165, 1.54) is 36.6 Å². The SMILES string of the molecule is C=C/C=C/C.CC(C)(C)[N-][Si](C)(C)[C]1[CH][CH][C]2C=C3CCCC3=C[C]21.[Ti+3]. The molecule has 3 aliphatic carbocycles. The van der Waals surface area contributed by atoms with Gasteiger partial charge in [0.1, 0.15) is 0 Å². The molecule has 0 saturated heterocycles. The summed E-state index contributed by atoms with van der Waals surface area (Å²) in [5, 5.41) is 0. The van der Waals surface area contributed by atoms with E-state index in [0.29, 0.717) is 0 Å². The van der Waals surface area contributed by atoms with Gasteiger partial charge in [0.2, 0.25) is 0 Å². The van der Waals surface area contributed by atoms with Crippen molar-refractivity contribution < 1.29 is 21.7 Å². The third kappa shape index (κ3) is 6.19. The van der Waals surface area contributed by atoms with Crippen LogP contribution in [-0.2, 0) is 21.7 Å². The maximum absolute atomic E-state index is 5.17. The van der Waals surface area contributed by atoms with Crippen LogP contribution in [0, 0.1) is 30.2 Å². The molecule has 136 valence electrons. The molecule has 0 amide bonds. The van der Waals surface area contributed by atoms with Crippen LogP contribution < -0.4 is 0 Å². The topological polar surface area (TPSA) is 14.1 Å². The molecule has 0 heterocycles. The summed E-state index contributed by atoms with van der Waals surface area (Å²) in [6, 6.07) is 0. The summed E-state index contributed by atoms with van der Waals surface area (Å²) in [6.07, 6.45) is 18.9. The van der Waals surface area contributed by atoms with E-state index in [2.05, 4.69) is 65.4 Å². The van der Waals surface area contributed by atoms with Crippen LogP contribution in [0.1, 0.15) is 47.0 Å². The van der Waals surface area contributed by atoms with Crippen LogP contribution >= 0.6 is 0 Å². The minimum absolute atomic E-state index is 0. The fourth-order valence-electron chi connectivity index (χ4n) is 3.85.